The normalized spacial score (nSPS) is 27.8. The Kier molecular flexibility index (Phi) is 1.77. The largest absolute Gasteiger partial charge is 0.273 e. The maximum Gasteiger partial charge on any atom is 0.258 e. The van der Waals surface area contributed by atoms with E-state index in [4.69, 9.17) is 11.8 Å². The Morgan fingerprint density at radius 3 is 2.33 bits per heavy atom. The Bertz CT molecular complexity index is 172. The molecule has 0 radical (unpaired) electrons. The van der Waals surface area contributed by atoms with Crippen LogP contribution >= 0.6 is 27.7 Å². The molecule has 0 aromatic rings. The fraction of sp³-hybridized carbons (Fsp3) is 0.500. The molecule has 3 nitrogen and oxygen atoms in total. The van der Waals surface area contributed by atoms with Gasteiger partial charge >= 0.3 is 0 Å². The molecule has 0 spiro atoms. The maximum absolute atomic E-state index is 10.6. The van der Waals surface area contributed by atoms with Crippen LogP contribution in [0, 0.1) is 0 Å². The summed E-state index contributed by atoms with van der Waals surface area (Å²) in [4.78, 5) is 20.8. The molecule has 1 fully saturated rings. The van der Waals surface area contributed by atoms with Crippen LogP contribution in [0.2, 0.25) is 0 Å². The number of halogens is 2. The lowest BCUT2D eigenvalue weighted by molar-refractivity contribution is -0.132. The van der Waals surface area contributed by atoms with Gasteiger partial charge in [0.15, 0.2) is 0 Å². The summed E-state index contributed by atoms with van der Waals surface area (Å²) in [6, 6.07) is 0. The van der Waals surface area contributed by atoms with Gasteiger partial charge in [-0.15, -0.1) is 0 Å². The van der Waals surface area contributed by atoms with Crippen molar-refractivity contribution in [2.24, 2.45) is 0 Å². The molecule has 1 saturated heterocycles. The molecule has 2 amide bonds. The molecule has 50 valence electrons. The van der Waals surface area contributed by atoms with Gasteiger partial charge in [0.1, 0.15) is 4.83 Å². The lowest BCUT2D eigenvalue weighted by Gasteiger charge is -1.98. The first-order valence-corrected chi connectivity index (χ1v) is 3.55. The second-order valence-corrected chi connectivity index (χ2v) is 3.13. The Morgan fingerprint density at radius 1 is 1.67 bits per heavy atom. The van der Waals surface area contributed by atoms with Crippen LogP contribution < -0.4 is 0 Å². The fourth-order valence-electron chi connectivity index (χ4n) is 0.567. The van der Waals surface area contributed by atoms with Gasteiger partial charge in [-0.3, -0.25) is 9.59 Å². The first-order valence-electron chi connectivity index (χ1n) is 2.29. The van der Waals surface area contributed by atoms with Gasteiger partial charge in [-0.05, 0) is 0 Å². The quantitative estimate of drug-likeness (QED) is 0.336. The SMILES string of the molecule is O=C1CC(Br)C(=O)N1Cl. The van der Waals surface area contributed by atoms with Crippen molar-refractivity contribution in [3.05, 3.63) is 0 Å². The van der Waals surface area contributed by atoms with Gasteiger partial charge in [0.2, 0.25) is 5.91 Å². The summed E-state index contributed by atoms with van der Waals surface area (Å²) < 4.78 is 0.611. The van der Waals surface area contributed by atoms with Gasteiger partial charge in [0, 0.05) is 18.2 Å². The molecule has 0 bridgehead atoms. The molecule has 0 aliphatic carbocycles. The molecule has 0 aromatic heterocycles. The second kappa shape index (κ2) is 2.27. The van der Waals surface area contributed by atoms with Crippen molar-refractivity contribution in [2.75, 3.05) is 0 Å². The number of hydrogen-bond acceptors (Lipinski definition) is 2. The second-order valence-electron chi connectivity index (χ2n) is 1.68. The van der Waals surface area contributed by atoms with E-state index in [-0.39, 0.29) is 18.2 Å². The van der Waals surface area contributed by atoms with Crippen LogP contribution in [0.25, 0.3) is 0 Å². The molecule has 1 aliphatic rings. The van der Waals surface area contributed by atoms with E-state index in [0.29, 0.717) is 4.42 Å². The van der Waals surface area contributed by atoms with E-state index >= 15 is 0 Å². The topological polar surface area (TPSA) is 37.4 Å². The third-order valence-electron chi connectivity index (χ3n) is 1.03. The first-order chi connectivity index (χ1) is 4.13. The highest BCUT2D eigenvalue weighted by Gasteiger charge is 2.35. The highest BCUT2D eigenvalue weighted by molar-refractivity contribution is 9.10. The van der Waals surface area contributed by atoms with Crippen LogP contribution in [0.3, 0.4) is 0 Å². The Labute approximate surface area is 65.2 Å². The van der Waals surface area contributed by atoms with Crippen LogP contribution in [-0.2, 0) is 9.59 Å². The van der Waals surface area contributed by atoms with Crippen molar-refractivity contribution in [1.29, 1.82) is 0 Å². The van der Waals surface area contributed by atoms with Crippen LogP contribution in [0.5, 0.6) is 0 Å². The van der Waals surface area contributed by atoms with Gasteiger partial charge < -0.3 is 0 Å². The van der Waals surface area contributed by atoms with Crippen molar-refractivity contribution in [3.63, 3.8) is 0 Å². The average molecular weight is 212 g/mol. The number of alkyl halides is 1. The predicted molar refractivity (Wildman–Crippen MR) is 35.0 cm³/mol. The van der Waals surface area contributed by atoms with Crippen LogP contribution in [0.4, 0.5) is 0 Å². The van der Waals surface area contributed by atoms with E-state index in [0.717, 1.165) is 0 Å². The van der Waals surface area contributed by atoms with Gasteiger partial charge in [-0.1, -0.05) is 15.9 Å². The Morgan fingerprint density at radius 2 is 2.22 bits per heavy atom. The minimum atomic E-state index is -0.414. The molecular formula is C4H3BrClNO2. The van der Waals surface area contributed by atoms with Crippen LogP contribution in [-0.4, -0.2) is 21.1 Å². The van der Waals surface area contributed by atoms with Crippen LogP contribution in [0.15, 0.2) is 0 Å². The van der Waals surface area contributed by atoms with E-state index in [9.17, 15) is 9.59 Å². The Hall–Kier alpha value is -0.0900. The molecule has 0 saturated carbocycles. The van der Waals surface area contributed by atoms with Crippen LogP contribution in [0.1, 0.15) is 6.42 Å². The zero-order valence-corrected chi connectivity index (χ0v) is 6.65. The molecule has 1 unspecified atom stereocenters. The summed E-state index contributed by atoms with van der Waals surface area (Å²) in [5.41, 5.74) is 0. The summed E-state index contributed by atoms with van der Waals surface area (Å²) in [6.07, 6.45) is 0.169. The standard InChI is InChI=1S/C4H3BrClNO2/c5-2-1-3(8)7(6)4(2)9/h2H,1H2. The van der Waals surface area contributed by atoms with Gasteiger partial charge in [-0.25, -0.2) is 0 Å². The molecule has 1 atom stereocenters. The first kappa shape index (κ1) is 7.02. The number of carbonyl (C=O) groups is 2. The molecule has 1 heterocycles. The molecule has 9 heavy (non-hydrogen) atoms. The number of amides is 2. The van der Waals surface area contributed by atoms with Gasteiger partial charge in [-0.2, -0.15) is 4.42 Å². The molecule has 1 aliphatic heterocycles. The lowest BCUT2D eigenvalue weighted by atomic mass is 10.4. The summed E-state index contributed by atoms with van der Waals surface area (Å²) in [5, 5.41) is 0. The highest BCUT2D eigenvalue weighted by Crippen LogP contribution is 2.20. The van der Waals surface area contributed by atoms with E-state index in [1.165, 1.54) is 0 Å². The van der Waals surface area contributed by atoms with Crippen molar-refractivity contribution >= 4 is 39.5 Å². The lowest BCUT2D eigenvalue weighted by Crippen LogP contribution is -2.20. The third kappa shape index (κ3) is 1.09. The number of imide groups is 1. The number of carbonyl (C=O) groups excluding carboxylic acids is 2. The molecule has 0 N–H and O–H groups in total. The molecule has 0 aromatic carbocycles. The molecular weight excluding hydrogens is 209 g/mol. The van der Waals surface area contributed by atoms with E-state index in [1.54, 1.807) is 0 Å². The monoisotopic (exact) mass is 211 g/mol. The molecule has 5 heteroatoms. The van der Waals surface area contributed by atoms with E-state index in [1.807, 2.05) is 0 Å². The summed E-state index contributed by atoms with van der Waals surface area (Å²) >= 11 is 8.20. The Balaban J connectivity index is 2.77. The van der Waals surface area contributed by atoms with E-state index < -0.39 is 4.83 Å². The van der Waals surface area contributed by atoms with Crippen molar-refractivity contribution in [3.8, 4) is 0 Å². The van der Waals surface area contributed by atoms with Crippen molar-refractivity contribution < 1.29 is 9.59 Å². The smallest absolute Gasteiger partial charge is 0.258 e. The van der Waals surface area contributed by atoms with E-state index in [2.05, 4.69) is 15.9 Å². The zero-order valence-electron chi connectivity index (χ0n) is 4.30. The van der Waals surface area contributed by atoms with Crippen molar-refractivity contribution in [2.45, 2.75) is 11.2 Å². The zero-order chi connectivity index (χ0) is 7.02. The number of nitrogens with zero attached hydrogens (tertiary/aromatic N) is 1. The average Bonchev–Trinajstić information content (AvgIpc) is 1.98. The molecule has 1 rings (SSSR count). The van der Waals surface area contributed by atoms with Gasteiger partial charge in [0.05, 0.1) is 0 Å². The fourth-order valence-corrected chi connectivity index (χ4v) is 1.35. The van der Waals surface area contributed by atoms with Crippen molar-refractivity contribution in [1.82, 2.24) is 4.42 Å². The summed E-state index contributed by atoms with van der Waals surface area (Å²) in [7, 11) is 0. The predicted octanol–water partition coefficient (Wildman–Crippen LogP) is 0.663. The summed E-state index contributed by atoms with van der Waals surface area (Å²) in [5.74, 6) is -0.717. The minimum Gasteiger partial charge on any atom is -0.273 e. The third-order valence-corrected chi connectivity index (χ3v) is 2.10. The number of rotatable bonds is 0. The maximum atomic E-state index is 10.6. The minimum absolute atomic E-state index is 0.169. The number of hydrogen-bond donors (Lipinski definition) is 0. The highest BCUT2D eigenvalue weighted by atomic mass is 79.9. The van der Waals surface area contributed by atoms with Gasteiger partial charge in [0.25, 0.3) is 5.91 Å². The summed E-state index contributed by atoms with van der Waals surface area (Å²) in [6.45, 7) is 0.